The number of rotatable bonds is 4. The lowest BCUT2D eigenvalue weighted by molar-refractivity contribution is -0.0162. The quantitative estimate of drug-likeness (QED) is 0.880. The summed E-state index contributed by atoms with van der Waals surface area (Å²) in [6.45, 7) is 3.21. The molecule has 4 unspecified atom stereocenters. The van der Waals surface area contributed by atoms with Gasteiger partial charge in [0.25, 0.3) is 0 Å². The molecule has 0 spiro atoms. The van der Waals surface area contributed by atoms with Crippen molar-refractivity contribution in [1.29, 1.82) is 0 Å². The Bertz CT molecular complexity index is 397. The van der Waals surface area contributed by atoms with Crippen LogP contribution < -0.4 is 5.32 Å². The van der Waals surface area contributed by atoms with Crippen molar-refractivity contribution in [1.82, 2.24) is 5.32 Å². The first-order valence-electron chi connectivity index (χ1n) is 7.11. The van der Waals surface area contributed by atoms with Gasteiger partial charge in [0.2, 0.25) is 0 Å². The highest BCUT2D eigenvalue weighted by Gasteiger charge is 2.51. The van der Waals surface area contributed by atoms with Gasteiger partial charge in [-0.2, -0.15) is 0 Å². The van der Waals surface area contributed by atoms with E-state index >= 15 is 0 Å². The van der Waals surface area contributed by atoms with Gasteiger partial charge in [-0.25, -0.2) is 0 Å². The van der Waals surface area contributed by atoms with Crippen LogP contribution in [0.2, 0.25) is 0 Å². The molecule has 18 heavy (non-hydrogen) atoms. The molecule has 1 saturated heterocycles. The Labute approximate surface area is 110 Å². The molecule has 0 amide bonds. The third kappa shape index (κ3) is 2.08. The van der Waals surface area contributed by atoms with E-state index in [-0.39, 0.29) is 5.60 Å². The molecule has 2 nitrogen and oxygen atoms in total. The number of hydrogen-bond acceptors (Lipinski definition) is 2. The van der Waals surface area contributed by atoms with Gasteiger partial charge in [-0.05, 0) is 50.6 Å². The van der Waals surface area contributed by atoms with E-state index in [1.54, 1.807) is 0 Å². The van der Waals surface area contributed by atoms with E-state index < -0.39 is 0 Å². The molecule has 4 atom stereocenters. The lowest BCUT2D eigenvalue weighted by atomic mass is 9.88. The lowest BCUT2D eigenvalue weighted by Gasteiger charge is -2.33. The van der Waals surface area contributed by atoms with E-state index in [0.29, 0.717) is 6.04 Å². The van der Waals surface area contributed by atoms with E-state index in [9.17, 15) is 0 Å². The van der Waals surface area contributed by atoms with Crippen molar-refractivity contribution >= 4 is 0 Å². The fraction of sp³-hybridized carbons (Fsp3) is 0.625. The van der Waals surface area contributed by atoms with Gasteiger partial charge < -0.3 is 10.1 Å². The first kappa shape index (κ1) is 12.2. The second-order valence-electron chi connectivity index (χ2n) is 5.95. The molecular weight excluding hydrogens is 222 g/mol. The van der Waals surface area contributed by atoms with E-state index in [0.717, 1.165) is 18.4 Å². The molecule has 1 aromatic rings. The van der Waals surface area contributed by atoms with Gasteiger partial charge in [-0.15, -0.1) is 0 Å². The summed E-state index contributed by atoms with van der Waals surface area (Å²) < 4.78 is 6.02. The van der Waals surface area contributed by atoms with Crippen LogP contribution >= 0.6 is 0 Å². The van der Waals surface area contributed by atoms with Crippen molar-refractivity contribution in [2.75, 3.05) is 13.7 Å². The minimum absolute atomic E-state index is 0.0446. The molecule has 2 fully saturated rings. The average molecular weight is 245 g/mol. The summed E-state index contributed by atoms with van der Waals surface area (Å²) >= 11 is 0. The molecule has 1 saturated carbocycles. The minimum atomic E-state index is 0.0446. The zero-order chi connectivity index (χ0) is 12.6. The maximum absolute atomic E-state index is 6.02. The van der Waals surface area contributed by atoms with Crippen LogP contribution in [0.5, 0.6) is 0 Å². The third-order valence-electron chi connectivity index (χ3n) is 4.71. The van der Waals surface area contributed by atoms with Crippen molar-refractivity contribution in [2.24, 2.45) is 5.92 Å². The molecule has 0 aromatic heterocycles. The summed E-state index contributed by atoms with van der Waals surface area (Å²) in [5.74, 6) is 1.46. The predicted octanol–water partition coefficient (Wildman–Crippen LogP) is 2.95. The van der Waals surface area contributed by atoms with Gasteiger partial charge in [0.1, 0.15) is 0 Å². The summed E-state index contributed by atoms with van der Waals surface area (Å²) in [4.78, 5) is 0. The molecule has 0 radical (unpaired) electrons. The van der Waals surface area contributed by atoms with Gasteiger partial charge in [-0.3, -0.25) is 0 Å². The van der Waals surface area contributed by atoms with Crippen LogP contribution in [0, 0.1) is 5.92 Å². The predicted molar refractivity (Wildman–Crippen MR) is 73.7 cm³/mol. The van der Waals surface area contributed by atoms with Crippen LogP contribution in [0.15, 0.2) is 30.3 Å². The number of likely N-dealkylation sites (N-methyl/N-ethyl adjacent to an activating group) is 1. The molecule has 1 aromatic carbocycles. The Morgan fingerprint density at radius 3 is 2.72 bits per heavy atom. The summed E-state index contributed by atoms with van der Waals surface area (Å²) in [6, 6.07) is 11.4. The Morgan fingerprint density at radius 2 is 2.11 bits per heavy atom. The SMILES string of the molecule is CNC(C1CC1c1ccccc1)C1(C)CCCO1. The summed E-state index contributed by atoms with van der Waals surface area (Å²) in [6.07, 6.45) is 3.70. The smallest absolute Gasteiger partial charge is 0.0810 e. The average Bonchev–Trinajstić information content (AvgIpc) is 3.05. The molecule has 1 aliphatic heterocycles. The first-order valence-corrected chi connectivity index (χ1v) is 7.11. The van der Waals surface area contributed by atoms with Crippen molar-refractivity contribution in [3.8, 4) is 0 Å². The third-order valence-corrected chi connectivity index (χ3v) is 4.71. The van der Waals surface area contributed by atoms with Crippen LogP contribution in [-0.4, -0.2) is 25.3 Å². The Kier molecular flexibility index (Phi) is 3.16. The van der Waals surface area contributed by atoms with Gasteiger partial charge in [-0.1, -0.05) is 30.3 Å². The second kappa shape index (κ2) is 4.67. The molecule has 3 rings (SSSR count). The van der Waals surface area contributed by atoms with Crippen LogP contribution in [0.4, 0.5) is 0 Å². The van der Waals surface area contributed by atoms with Crippen LogP contribution in [-0.2, 0) is 4.74 Å². The van der Waals surface area contributed by atoms with E-state index in [2.05, 4.69) is 49.6 Å². The highest BCUT2D eigenvalue weighted by atomic mass is 16.5. The van der Waals surface area contributed by atoms with Gasteiger partial charge >= 0.3 is 0 Å². The van der Waals surface area contributed by atoms with E-state index in [1.807, 2.05) is 0 Å². The van der Waals surface area contributed by atoms with Gasteiger partial charge in [0, 0.05) is 12.6 Å². The summed E-state index contributed by atoms with van der Waals surface area (Å²) in [5.41, 5.74) is 1.53. The van der Waals surface area contributed by atoms with Crippen LogP contribution in [0.1, 0.15) is 37.7 Å². The van der Waals surface area contributed by atoms with Crippen LogP contribution in [0.25, 0.3) is 0 Å². The number of hydrogen-bond donors (Lipinski definition) is 1. The first-order chi connectivity index (χ1) is 8.74. The lowest BCUT2D eigenvalue weighted by Crippen LogP contribution is -2.48. The topological polar surface area (TPSA) is 21.3 Å². The maximum Gasteiger partial charge on any atom is 0.0810 e. The Balaban J connectivity index is 1.72. The molecule has 1 heterocycles. The maximum atomic E-state index is 6.02. The van der Waals surface area contributed by atoms with Crippen LogP contribution in [0.3, 0.4) is 0 Å². The molecule has 2 heteroatoms. The number of ether oxygens (including phenoxy) is 1. The van der Waals surface area contributed by atoms with E-state index in [1.165, 1.54) is 24.8 Å². The highest BCUT2D eigenvalue weighted by molar-refractivity contribution is 5.27. The molecule has 1 N–H and O–H groups in total. The number of benzene rings is 1. The van der Waals surface area contributed by atoms with Crippen molar-refractivity contribution < 1.29 is 4.74 Å². The van der Waals surface area contributed by atoms with Crippen molar-refractivity contribution in [3.63, 3.8) is 0 Å². The van der Waals surface area contributed by atoms with Gasteiger partial charge in [0.15, 0.2) is 0 Å². The molecule has 0 bridgehead atoms. The van der Waals surface area contributed by atoms with Crippen molar-refractivity contribution in [2.45, 2.75) is 43.7 Å². The monoisotopic (exact) mass is 245 g/mol. The highest BCUT2D eigenvalue weighted by Crippen LogP contribution is 2.53. The van der Waals surface area contributed by atoms with Gasteiger partial charge in [0.05, 0.1) is 5.60 Å². The summed E-state index contributed by atoms with van der Waals surface area (Å²) in [7, 11) is 2.08. The van der Waals surface area contributed by atoms with E-state index in [4.69, 9.17) is 4.74 Å². The zero-order valence-corrected chi connectivity index (χ0v) is 11.4. The fourth-order valence-electron chi connectivity index (χ4n) is 3.68. The standard InChI is InChI=1S/C16H23NO/c1-16(9-6-10-18-16)15(17-2)14-11-13(14)12-7-4-3-5-8-12/h3-5,7-8,13-15,17H,6,9-11H2,1-2H3. The molecule has 2 aliphatic rings. The largest absolute Gasteiger partial charge is 0.374 e. The Hall–Kier alpha value is -0.860. The number of nitrogens with one attached hydrogen (secondary N) is 1. The summed E-state index contributed by atoms with van der Waals surface area (Å²) in [5, 5.41) is 3.52. The molecule has 1 aliphatic carbocycles. The minimum Gasteiger partial charge on any atom is -0.374 e. The second-order valence-corrected chi connectivity index (χ2v) is 5.95. The molecule has 98 valence electrons. The van der Waals surface area contributed by atoms with Crippen molar-refractivity contribution in [3.05, 3.63) is 35.9 Å². The normalized spacial score (nSPS) is 36.6. The fourth-order valence-corrected chi connectivity index (χ4v) is 3.68. The Morgan fingerprint density at radius 1 is 1.33 bits per heavy atom. The zero-order valence-electron chi connectivity index (χ0n) is 11.4. The molecular formula is C16H23NO.